The monoisotopic (exact) mass is 312 g/mol. The average molecular weight is 313 g/mol. The second-order valence-electron chi connectivity index (χ2n) is 5.07. The number of rotatable bonds is 3. The van der Waals surface area contributed by atoms with E-state index in [-0.39, 0.29) is 0 Å². The van der Waals surface area contributed by atoms with Crippen LogP contribution in [0.2, 0.25) is 4.34 Å². The van der Waals surface area contributed by atoms with E-state index >= 15 is 0 Å². The summed E-state index contributed by atoms with van der Waals surface area (Å²) in [6, 6.07) is 2.86. The van der Waals surface area contributed by atoms with Crippen LogP contribution in [0.1, 0.15) is 52.2 Å². The molecular weight excluding hydrogens is 296 g/mol. The van der Waals surface area contributed by atoms with Crippen LogP contribution in [0.3, 0.4) is 0 Å². The minimum Gasteiger partial charge on any atom is -0.301 e. The number of nitrogens with zero attached hydrogens (tertiary/aromatic N) is 1. The molecule has 0 saturated carbocycles. The molecule has 2 nitrogen and oxygen atoms in total. The number of aryl methyl sites for hydroxylation is 2. The molecule has 0 bridgehead atoms. The first-order valence-electron chi connectivity index (χ1n) is 6.60. The second-order valence-corrected chi connectivity index (χ2v) is 8.11. The highest BCUT2D eigenvalue weighted by Crippen LogP contribution is 2.39. The van der Waals surface area contributed by atoms with Crippen molar-refractivity contribution in [1.82, 2.24) is 10.3 Å². The SMILES string of the molecule is Cc1cnc(C(C)NC2CCCc3sc(Cl)cc32)s1. The van der Waals surface area contributed by atoms with Gasteiger partial charge in [0.1, 0.15) is 5.01 Å². The summed E-state index contributed by atoms with van der Waals surface area (Å²) >= 11 is 9.66. The average Bonchev–Trinajstić information content (AvgIpc) is 2.95. The van der Waals surface area contributed by atoms with Crippen molar-refractivity contribution in [3.8, 4) is 0 Å². The van der Waals surface area contributed by atoms with Gasteiger partial charge in [-0.3, -0.25) is 0 Å². The first-order chi connectivity index (χ1) is 9.13. The molecule has 0 amide bonds. The van der Waals surface area contributed by atoms with E-state index in [0.29, 0.717) is 12.1 Å². The molecule has 2 aromatic rings. The molecule has 1 aliphatic rings. The molecule has 0 radical (unpaired) electrons. The third-order valence-corrected chi connectivity index (χ3v) is 5.98. The third kappa shape index (κ3) is 2.87. The topological polar surface area (TPSA) is 24.9 Å². The highest BCUT2D eigenvalue weighted by atomic mass is 35.5. The van der Waals surface area contributed by atoms with Crippen LogP contribution < -0.4 is 5.32 Å². The summed E-state index contributed by atoms with van der Waals surface area (Å²) in [7, 11) is 0. The minimum absolute atomic E-state index is 0.299. The first-order valence-corrected chi connectivity index (χ1v) is 8.61. The zero-order chi connectivity index (χ0) is 13.4. The van der Waals surface area contributed by atoms with Gasteiger partial charge in [-0.1, -0.05) is 11.6 Å². The summed E-state index contributed by atoms with van der Waals surface area (Å²) in [6.45, 7) is 4.30. The smallest absolute Gasteiger partial charge is 0.109 e. The van der Waals surface area contributed by atoms with E-state index in [0.717, 1.165) is 4.34 Å². The lowest BCUT2D eigenvalue weighted by Crippen LogP contribution is -2.26. The number of halogens is 1. The molecule has 0 fully saturated rings. The number of hydrogen-bond donors (Lipinski definition) is 1. The fourth-order valence-electron chi connectivity index (χ4n) is 2.64. The Hall–Kier alpha value is -0.420. The van der Waals surface area contributed by atoms with Gasteiger partial charge >= 0.3 is 0 Å². The van der Waals surface area contributed by atoms with Gasteiger partial charge in [0.25, 0.3) is 0 Å². The van der Waals surface area contributed by atoms with Gasteiger partial charge in [-0.25, -0.2) is 4.98 Å². The maximum absolute atomic E-state index is 6.15. The molecule has 1 N–H and O–H groups in total. The second kappa shape index (κ2) is 5.52. The number of thiophene rings is 1. The van der Waals surface area contributed by atoms with Crippen molar-refractivity contribution < 1.29 is 0 Å². The van der Waals surface area contributed by atoms with Gasteiger partial charge in [0.05, 0.1) is 10.4 Å². The Morgan fingerprint density at radius 3 is 3.05 bits per heavy atom. The Morgan fingerprint density at radius 2 is 2.32 bits per heavy atom. The number of thiazole rings is 1. The highest BCUT2D eigenvalue weighted by Gasteiger charge is 2.24. The molecule has 0 aliphatic heterocycles. The van der Waals surface area contributed by atoms with Crippen LogP contribution in [0.5, 0.6) is 0 Å². The molecule has 0 saturated heterocycles. The number of nitrogens with one attached hydrogen (secondary N) is 1. The number of fused-ring (bicyclic) bond motifs is 1. The summed E-state index contributed by atoms with van der Waals surface area (Å²) < 4.78 is 0.913. The van der Waals surface area contributed by atoms with E-state index in [4.69, 9.17) is 11.6 Å². The lowest BCUT2D eigenvalue weighted by molar-refractivity contribution is 0.417. The number of hydrogen-bond acceptors (Lipinski definition) is 4. The van der Waals surface area contributed by atoms with Crippen LogP contribution in [0.15, 0.2) is 12.3 Å². The van der Waals surface area contributed by atoms with Crippen molar-refractivity contribution in [2.24, 2.45) is 0 Å². The standard InChI is InChI=1S/C14H17ClN2S2/c1-8-7-16-14(18-8)9(2)17-11-4-3-5-12-10(11)6-13(15)19-12/h6-7,9,11,17H,3-5H2,1-2H3. The summed E-state index contributed by atoms with van der Waals surface area (Å²) in [5.74, 6) is 0. The zero-order valence-corrected chi connectivity index (χ0v) is 13.5. The lowest BCUT2D eigenvalue weighted by atomic mass is 9.93. The Labute approximate surface area is 126 Å². The molecule has 19 heavy (non-hydrogen) atoms. The van der Waals surface area contributed by atoms with Crippen LogP contribution in [0.4, 0.5) is 0 Å². The molecule has 102 valence electrons. The first kappa shape index (κ1) is 13.6. The van der Waals surface area contributed by atoms with Gasteiger partial charge in [0.15, 0.2) is 0 Å². The normalized spacial score (nSPS) is 20.3. The Morgan fingerprint density at radius 1 is 1.47 bits per heavy atom. The predicted octanol–water partition coefficient (Wildman–Crippen LogP) is 4.89. The van der Waals surface area contributed by atoms with Gasteiger partial charge in [-0.2, -0.15) is 0 Å². The predicted molar refractivity (Wildman–Crippen MR) is 83.4 cm³/mol. The fourth-order valence-corrected chi connectivity index (χ4v) is 4.81. The Kier molecular flexibility index (Phi) is 3.94. The molecule has 2 unspecified atom stereocenters. The maximum atomic E-state index is 6.15. The molecule has 3 rings (SSSR count). The van der Waals surface area contributed by atoms with Crippen LogP contribution in [0.25, 0.3) is 0 Å². The van der Waals surface area contributed by atoms with Crippen LogP contribution in [0, 0.1) is 6.92 Å². The van der Waals surface area contributed by atoms with Crippen LogP contribution in [-0.4, -0.2) is 4.98 Å². The van der Waals surface area contributed by atoms with Crippen molar-refractivity contribution in [3.63, 3.8) is 0 Å². The Bertz CT molecular complexity index is 576. The van der Waals surface area contributed by atoms with Gasteiger partial charge in [-0.05, 0) is 44.7 Å². The summed E-state index contributed by atoms with van der Waals surface area (Å²) in [4.78, 5) is 7.20. The molecule has 2 heterocycles. The molecule has 5 heteroatoms. The van der Waals surface area contributed by atoms with Gasteiger partial charge < -0.3 is 5.32 Å². The molecule has 1 aliphatic carbocycles. The van der Waals surface area contributed by atoms with Gasteiger partial charge in [-0.15, -0.1) is 22.7 Å². The van der Waals surface area contributed by atoms with Gasteiger partial charge in [0, 0.05) is 22.0 Å². The van der Waals surface area contributed by atoms with Crippen LogP contribution >= 0.6 is 34.3 Å². The lowest BCUT2D eigenvalue weighted by Gasteiger charge is -2.26. The van der Waals surface area contributed by atoms with E-state index in [2.05, 4.69) is 30.2 Å². The zero-order valence-electron chi connectivity index (χ0n) is 11.1. The maximum Gasteiger partial charge on any atom is 0.109 e. The van der Waals surface area contributed by atoms with Crippen molar-refractivity contribution >= 4 is 34.3 Å². The summed E-state index contributed by atoms with van der Waals surface area (Å²) in [6.07, 6.45) is 5.56. The Balaban J connectivity index is 1.77. The third-order valence-electron chi connectivity index (χ3n) is 3.54. The van der Waals surface area contributed by atoms with Crippen LogP contribution in [-0.2, 0) is 6.42 Å². The molecule has 0 aromatic carbocycles. The molecule has 2 aromatic heterocycles. The van der Waals surface area contributed by atoms with E-state index in [9.17, 15) is 0 Å². The fraction of sp³-hybridized carbons (Fsp3) is 0.500. The largest absolute Gasteiger partial charge is 0.301 e. The minimum atomic E-state index is 0.299. The van der Waals surface area contributed by atoms with E-state index in [1.165, 1.54) is 39.6 Å². The highest BCUT2D eigenvalue weighted by molar-refractivity contribution is 7.16. The molecule has 2 atom stereocenters. The van der Waals surface area contributed by atoms with E-state index < -0.39 is 0 Å². The van der Waals surface area contributed by atoms with Crippen molar-refractivity contribution in [2.45, 2.75) is 45.2 Å². The quantitative estimate of drug-likeness (QED) is 0.872. The molecular formula is C14H17ClN2S2. The van der Waals surface area contributed by atoms with Crippen molar-refractivity contribution in [2.75, 3.05) is 0 Å². The molecule has 0 spiro atoms. The van der Waals surface area contributed by atoms with Crippen molar-refractivity contribution in [1.29, 1.82) is 0 Å². The van der Waals surface area contributed by atoms with Gasteiger partial charge in [0.2, 0.25) is 0 Å². The summed E-state index contributed by atoms with van der Waals surface area (Å²) in [5, 5.41) is 4.89. The number of aromatic nitrogens is 1. The van der Waals surface area contributed by atoms with Crippen molar-refractivity contribution in [3.05, 3.63) is 36.9 Å². The summed E-state index contributed by atoms with van der Waals surface area (Å²) in [5.41, 5.74) is 1.40. The van der Waals surface area contributed by atoms with E-state index in [1.54, 1.807) is 22.7 Å². The van der Waals surface area contributed by atoms with E-state index in [1.807, 2.05) is 6.20 Å².